The Labute approximate surface area is 112 Å². The van der Waals surface area contributed by atoms with Crippen LogP contribution in [0.2, 0.25) is 0 Å². The number of nitrogens with zero attached hydrogens (tertiary/aromatic N) is 2. The number of nitrogens with one attached hydrogen (secondary N) is 1. The average Bonchev–Trinajstić information content (AvgIpc) is 2.38. The molecule has 0 bridgehead atoms. The van der Waals surface area contributed by atoms with Crippen molar-refractivity contribution in [3.8, 4) is 0 Å². The van der Waals surface area contributed by atoms with Crippen LogP contribution in [0, 0.1) is 10.1 Å². The molecule has 1 aromatic rings. The van der Waals surface area contributed by atoms with Crippen LogP contribution in [-0.2, 0) is 0 Å². The minimum atomic E-state index is -0.491. The average molecular weight is 269 g/mol. The van der Waals surface area contributed by atoms with Crippen LogP contribution in [0.5, 0.6) is 0 Å². The molecule has 0 radical (unpaired) electrons. The quantitative estimate of drug-likeness (QED) is 0.423. The van der Waals surface area contributed by atoms with Gasteiger partial charge in [0.2, 0.25) is 0 Å². The molecule has 6 heteroatoms. The van der Waals surface area contributed by atoms with E-state index in [0.717, 1.165) is 18.7 Å². The first-order valence-corrected chi connectivity index (χ1v) is 7.46. The maximum Gasteiger partial charge on any atom is 0.363 e. The molecule has 0 aliphatic carbocycles. The molecule has 0 spiro atoms. The number of anilines is 1. The molecule has 1 aromatic heterocycles. The first-order valence-electron chi connectivity index (χ1n) is 6.07. The molecule has 1 rings (SSSR count). The number of nitro groups is 1. The van der Waals surface area contributed by atoms with Crippen molar-refractivity contribution in [3.63, 3.8) is 0 Å². The summed E-state index contributed by atoms with van der Waals surface area (Å²) >= 11 is 1.89. The molecule has 5 nitrogen and oxygen atoms in total. The summed E-state index contributed by atoms with van der Waals surface area (Å²) in [5, 5.41) is 13.6. The molecule has 0 aromatic carbocycles. The summed E-state index contributed by atoms with van der Waals surface area (Å²) in [5.74, 6) is 1.12. The Balaban J connectivity index is 2.14. The summed E-state index contributed by atoms with van der Waals surface area (Å²) in [5.41, 5.74) is 0.838. The fourth-order valence-electron chi connectivity index (χ4n) is 1.56. The van der Waals surface area contributed by atoms with E-state index in [1.807, 2.05) is 11.8 Å². The smallest absolute Gasteiger partial charge is 0.363 e. The Morgan fingerprint density at radius 2 is 2.11 bits per heavy atom. The highest BCUT2D eigenvalue weighted by molar-refractivity contribution is 7.98. The number of thioether (sulfide) groups is 1. The lowest BCUT2D eigenvalue weighted by Gasteiger charge is -2.04. The molecule has 1 heterocycles. The van der Waals surface area contributed by atoms with E-state index in [1.54, 1.807) is 6.07 Å². The van der Waals surface area contributed by atoms with Crippen molar-refractivity contribution in [1.29, 1.82) is 0 Å². The zero-order valence-electron chi connectivity index (χ0n) is 10.6. The van der Waals surface area contributed by atoms with Gasteiger partial charge in [0.15, 0.2) is 6.20 Å². The van der Waals surface area contributed by atoms with Gasteiger partial charge >= 0.3 is 5.82 Å². The van der Waals surface area contributed by atoms with E-state index in [1.165, 1.54) is 37.3 Å². The molecular formula is C12H19N3O2S. The van der Waals surface area contributed by atoms with Gasteiger partial charge in [0.1, 0.15) is 0 Å². The number of aromatic nitrogens is 1. The summed E-state index contributed by atoms with van der Waals surface area (Å²) in [7, 11) is 0. The van der Waals surface area contributed by atoms with E-state index in [0.29, 0.717) is 0 Å². The van der Waals surface area contributed by atoms with Crippen LogP contribution in [0.1, 0.15) is 25.7 Å². The maximum atomic E-state index is 10.4. The topological polar surface area (TPSA) is 68.1 Å². The first-order chi connectivity index (χ1) is 8.74. The van der Waals surface area contributed by atoms with Crippen molar-refractivity contribution in [2.24, 2.45) is 0 Å². The van der Waals surface area contributed by atoms with Crippen molar-refractivity contribution < 1.29 is 4.92 Å². The fraction of sp³-hybridized carbons (Fsp3) is 0.583. The van der Waals surface area contributed by atoms with Gasteiger partial charge in [0.25, 0.3) is 0 Å². The Morgan fingerprint density at radius 1 is 1.33 bits per heavy atom. The van der Waals surface area contributed by atoms with Crippen molar-refractivity contribution in [2.75, 3.05) is 23.9 Å². The van der Waals surface area contributed by atoms with Gasteiger partial charge in [0.05, 0.1) is 5.69 Å². The van der Waals surface area contributed by atoms with Crippen molar-refractivity contribution in [1.82, 2.24) is 4.98 Å². The maximum absolute atomic E-state index is 10.4. The molecule has 1 N–H and O–H groups in total. The van der Waals surface area contributed by atoms with Crippen LogP contribution >= 0.6 is 11.8 Å². The zero-order valence-corrected chi connectivity index (χ0v) is 11.4. The van der Waals surface area contributed by atoms with Gasteiger partial charge in [-0.1, -0.05) is 12.8 Å². The van der Waals surface area contributed by atoms with Crippen molar-refractivity contribution >= 4 is 23.3 Å². The van der Waals surface area contributed by atoms with Gasteiger partial charge in [-0.2, -0.15) is 11.8 Å². The van der Waals surface area contributed by atoms with Crippen LogP contribution in [-0.4, -0.2) is 28.5 Å². The van der Waals surface area contributed by atoms with E-state index in [2.05, 4.69) is 16.6 Å². The lowest BCUT2D eigenvalue weighted by molar-refractivity contribution is -0.389. The predicted molar refractivity (Wildman–Crippen MR) is 76.2 cm³/mol. The molecular weight excluding hydrogens is 250 g/mol. The Morgan fingerprint density at radius 3 is 2.72 bits per heavy atom. The second kappa shape index (κ2) is 8.74. The van der Waals surface area contributed by atoms with Crippen LogP contribution in [0.25, 0.3) is 0 Å². The number of rotatable bonds is 9. The predicted octanol–water partition coefficient (Wildman–Crippen LogP) is 3.33. The number of unbranched alkanes of at least 4 members (excludes halogenated alkanes) is 3. The van der Waals surface area contributed by atoms with E-state index in [-0.39, 0.29) is 5.82 Å². The third-order valence-electron chi connectivity index (χ3n) is 2.54. The molecule has 0 amide bonds. The number of pyridine rings is 1. The SMILES string of the molecule is CSCCCCCCNc1ccc([N+](=O)[O-])nc1. The first kappa shape index (κ1) is 14.8. The van der Waals surface area contributed by atoms with Crippen LogP contribution in [0.4, 0.5) is 11.5 Å². The van der Waals surface area contributed by atoms with E-state index < -0.39 is 4.92 Å². The monoisotopic (exact) mass is 269 g/mol. The minimum absolute atomic E-state index is 0.113. The molecule has 100 valence electrons. The highest BCUT2D eigenvalue weighted by Gasteiger charge is 2.05. The Hall–Kier alpha value is -1.30. The molecule has 0 saturated heterocycles. The normalized spacial score (nSPS) is 10.3. The molecule has 0 unspecified atom stereocenters. The third kappa shape index (κ3) is 5.86. The lowest BCUT2D eigenvalue weighted by atomic mass is 10.2. The second-order valence-corrected chi connectivity index (χ2v) is 4.98. The van der Waals surface area contributed by atoms with Gasteiger partial charge in [-0.25, -0.2) is 0 Å². The van der Waals surface area contributed by atoms with Crippen LogP contribution in [0.15, 0.2) is 18.3 Å². The fourth-order valence-corrected chi connectivity index (χ4v) is 2.05. The van der Waals surface area contributed by atoms with Gasteiger partial charge in [-0.15, -0.1) is 0 Å². The van der Waals surface area contributed by atoms with Gasteiger partial charge in [-0.05, 0) is 40.8 Å². The van der Waals surface area contributed by atoms with Crippen molar-refractivity contribution in [2.45, 2.75) is 25.7 Å². The summed E-state index contributed by atoms with van der Waals surface area (Å²) < 4.78 is 0. The summed E-state index contributed by atoms with van der Waals surface area (Å²) in [6.45, 7) is 0.888. The molecule has 0 fully saturated rings. The van der Waals surface area contributed by atoms with Gasteiger partial charge < -0.3 is 15.4 Å². The van der Waals surface area contributed by atoms with Crippen LogP contribution < -0.4 is 5.32 Å². The summed E-state index contributed by atoms with van der Waals surface area (Å²) in [6.07, 6.45) is 8.51. The minimum Gasteiger partial charge on any atom is -0.382 e. The Bertz CT molecular complexity index is 357. The van der Waals surface area contributed by atoms with E-state index >= 15 is 0 Å². The number of hydrogen-bond donors (Lipinski definition) is 1. The summed E-state index contributed by atoms with van der Waals surface area (Å²) in [6, 6.07) is 3.11. The Kier molecular flexibility index (Phi) is 7.17. The third-order valence-corrected chi connectivity index (χ3v) is 3.24. The van der Waals surface area contributed by atoms with Gasteiger partial charge in [-0.3, -0.25) is 0 Å². The molecule has 0 aliphatic heterocycles. The molecule has 0 atom stereocenters. The van der Waals surface area contributed by atoms with E-state index in [9.17, 15) is 10.1 Å². The highest BCUT2D eigenvalue weighted by Crippen LogP contribution is 2.11. The van der Waals surface area contributed by atoms with Crippen LogP contribution in [0.3, 0.4) is 0 Å². The lowest BCUT2D eigenvalue weighted by Crippen LogP contribution is -2.02. The summed E-state index contributed by atoms with van der Waals surface area (Å²) in [4.78, 5) is 13.7. The second-order valence-electron chi connectivity index (χ2n) is 4.00. The zero-order chi connectivity index (χ0) is 13.2. The molecule has 18 heavy (non-hydrogen) atoms. The standard InChI is InChI=1S/C12H19N3O2S/c1-18-9-5-3-2-4-8-13-11-6-7-12(14-10-11)15(16)17/h6-7,10,13H,2-5,8-9H2,1H3. The molecule has 0 saturated carbocycles. The van der Waals surface area contributed by atoms with Crippen molar-refractivity contribution in [3.05, 3.63) is 28.4 Å². The van der Waals surface area contributed by atoms with Gasteiger partial charge in [0, 0.05) is 12.6 Å². The largest absolute Gasteiger partial charge is 0.382 e. The highest BCUT2D eigenvalue weighted by atomic mass is 32.2. The number of hydrogen-bond acceptors (Lipinski definition) is 5. The van der Waals surface area contributed by atoms with E-state index in [4.69, 9.17) is 0 Å². The molecule has 0 aliphatic rings.